The zero-order chi connectivity index (χ0) is 14.0. The van der Waals surface area contributed by atoms with Gasteiger partial charge in [-0.25, -0.2) is 0 Å². The molecule has 1 aliphatic carbocycles. The van der Waals surface area contributed by atoms with E-state index in [9.17, 15) is 0 Å². The van der Waals surface area contributed by atoms with Crippen LogP contribution in [0.4, 0.5) is 0 Å². The number of rotatable bonds is 6. The summed E-state index contributed by atoms with van der Waals surface area (Å²) in [5.74, 6) is 0. The van der Waals surface area contributed by atoms with Crippen molar-refractivity contribution in [2.24, 2.45) is 0 Å². The summed E-state index contributed by atoms with van der Waals surface area (Å²) in [7, 11) is 1.83. The van der Waals surface area contributed by atoms with Gasteiger partial charge in [-0.3, -0.25) is 4.68 Å². The Kier molecular flexibility index (Phi) is 4.31. The minimum absolute atomic E-state index is 0.0802. The van der Waals surface area contributed by atoms with Crippen molar-refractivity contribution in [3.63, 3.8) is 0 Å². The number of methoxy groups -OCH3 is 1. The van der Waals surface area contributed by atoms with Gasteiger partial charge in [0.05, 0.1) is 11.3 Å². The molecule has 1 saturated carbocycles. The van der Waals surface area contributed by atoms with Crippen molar-refractivity contribution in [3.05, 3.63) is 17.0 Å². The van der Waals surface area contributed by atoms with Gasteiger partial charge in [0.25, 0.3) is 0 Å². The molecule has 19 heavy (non-hydrogen) atoms. The van der Waals surface area contributed by atoms with Crippen LogP contribution in [0, 0.1) is 13.8 Å². The lowest BCUT2D eigenvalue weighted by Gasteiger charge is -2.41. The first-order chi connectivity index (χ1) is 9.03. The van der Waals surface area contributed by atoms with Crippen molar-refractivity contribution in [2.75, 3.05) is 13.7 Å². The highest BCUT2D eigenvalue weighted by Crippen LogP contribution is 2.35. The summed E-state index contributed by atoms with van der Waals surface area (Å²) in [5, 5.41) is 8.23. The van der Waals surface area contributed by atoms with E-state index in [1.165, 1.54) is 30.5 Å². The van der Waals surface area contributed by atoms with Gasteiger partial charge in [0.15, 0.2) is 0 Å². The molecule has 0 radical (unpaired) electrons. The normalized spacial score (nSPS) is 19.2. The zero-order valence-corrected chi connectivity index (χ0v) is 12.9. The van der Waals surface area contributed by atoms with Crippen LogP contribution < -0.4 is 5.32 Å². The van der Waals surface area contributed by atoms with Gasteiger partial charge < -0.3 is 10.1 Å². The maximum atomic E-state index is 5.66. The Balaban J connectivity index is 2.03. The molecular weight excluding hydrogens is 238 g/mol. The molecule has 1 fully saturated rings. The maximum absolute atomic E-state index is 5.66. The van der Waals surface area contributed by atoms with E-state index in [1.54, 1.807) is 0 Å². The molecular formula is C15H27N3O. The Morgan fingerprint density at radius 1 is 1.42 bits per heavy atom. The summed E-state index contributed by atoms with van der Waals surface area (Å²) in [6.45, 7) is 10.5. The standard InChI is InChI=1S/C15H27N3O/c1-6-18-13(4)14(12(3)17-18)11(2)16-10-15(19-5)8-7-9-15/h11,16H,6-10H2,1-5H3. The molecule has 108 valence electrons. The fraction of sp³-hybridized carbons (Fsp3) is 0.800. The molecule has 1 aliphatic rings. The van der Waals surface area contributed by atoms with Gasteiger partial charge in [-0.15, -0.1) is 0 Å². The van der Waals surface area contributed by atoms with Crippen LogP contribution in [0.3, 0.4) is 0 Å². The van der Waals surface area contributed by atoms with Gasteiger partial charge in [0, 0.05) is 37.5 Å². The molecule has 0 spiro atoms. The van der Waals surface area contributed by atoms with Gasteiger partial charge in [-0.05, 0) is 47.0 Å². The van der Waals surface area contributed by atoms with Crippen LogP contribution in [0.1, 0.15) is 56.1 Å². The van der Waals surface area contributed by atoms with Crippen molar-refractivity contribution in [1.82, 2.24) is 15.1 Å². The predicted molar refractivity (Wildman–Crippen MR) is 77.4 cm³/mol. The predicted octanol–water partition coefficient (Wildman–Crippen LogP) is 2.74. The van der Waals surface area contributed by atoms with E-state index in [4.69, 9.17) is 4.74 Å². The van der Waals surface area contributed by atoms with Crippen LogP contribution in [0.25, 0.3) is 0 Å². The lowest BCUT2D eigenvalue weighted by Crippen LogP contribution is -2.48. The van der Waals surface area contributed by atoms with E-state index in [0.717, 1.165) is 18.8 Å². The van der Waals surface area contributed by atoms with Crippen molar-refractivity contribution in [2.45, 2.75) is 65.1 Å². The smallest absolute Gasteiger partial charge is 0.0802 e. The van der Waals surface area contributed by atoms with Gasteiger partial charge in [-0.1, -0.05) is 0 Å². The molecule has 0 aromatic carbocycles. The Hall–Kier alpha value is -0.870. The first-order valence-electron chi connectivity index (χ1n) is 7.35. The van der Waals surface area contributed by atoms with Gasteiger partial charge in [0.2, 0.25) is 0 Å². The third-order valence-corrected chi connectivity index (χ3v) is 4.60. The molecule has 1 N–H and O–H groups in total. The topological polar surface area (TPSA) is 39.1 Å². The van der Waals surface area contributed by atoms with Crippen molar-refractivity contribution < 1.29 is 4.74 Å². The Labute approximate surface area is 116 Å². The number of nitrogens with zero attached hydrogens (tertiary/aromatic N) is 2. The number of hydrogen-bond donors (Lipinski definition) is 1. The minimum Gasteiger partial charge on any atom is -0.377 e. The second kappa shape index (κ2) is 5.63. The zero-order valence-electron chi connectivity index (χ0n) is 12.9. The van der Waals surface area contributed by atoms with Crippen LogP contribution in [-0.2, 0) is 11.3 Å². The average Bonchev–Trinajstić information content (AvgIpc) is 2.63. The third kappa shape index (κ3) is 2.70. The Morgan fingerprint density at radius 3 is 2.53 bits per heavy atom. The average molecular weight is 265 g/mol. The minimum atomic E-state index is 0.0802. The van der Waals surface area contributed by atoms with E-state index >= 15 is 0 Å². The van der Waals surface area contributed by atoms with Crippen molar-refractivity contribution >= 4 is 0 Å². The first kappa shape index (κ1) is 14.5. The maximum Gasteiger partial charge on any atom is 0.0802 e. The molecule has 0 aliphatic heterocycles. The molecule has 1 aromatic rings. The highest BCUT2D eigenvalue weighted by atomic mass is 16.5. The fourth-order valence-electron chi connectivity index (χ4n) is 3.11. The summed E-state index contributed by atoms with van der Waals surface area (Å²) in [4.78, 5) is 0. The molecule has 4 heteroatoms. The van der Waals surface area contributed by atoms with Crippen molar-refractivity contribution in [1.29, 1.82) is 0 Å². The molecule has 1 aromatic heterocycles. The summed E-state index contributed by atoms with van der Waals surface area (Å²) in [6, 6.07) is 0.327. The number of ether oxygens (including phenoxy) is 1. The Bertz CT molecular complexity index is 429. The molecule has 4 nitrogen and oxygen atoms in total. The highest BCUT2D eigenvalue weighted by molar-refractivity contribution is 5.27. The second-order valence-corrected chi connectivity index (χ2v) is 5.74. The molecule has 0 bridgehead atoms. The van der Waals surface area contributed by atoms with Crippen LogP contribution in [0.2, 0.25) is 0 Å². The molecule has 1 unspecified atom stereocenters. The fourth-order valence-corrected chi connectivity index (χ4v) is 3.11. The van der Waals surface area contributed by atoms with Gasteiger partial charge >= 0.3 is 0 Å². The Morgan fingerprint density at radius 2 is 2.11 bits per heavy atom. The van der Waals surface area contributed by atoms with Crippen molar-refractivity contribution in [3.8, 4) is 0 Å². The van der Waals surface area contributed by atoms with Crippen LogP contribution in [0.15, 0.2) is 0 Å². The number of hydrogen-bond acceptors (Lipinski definition) is 3. The summed E-state index contributed by atoms with van der Waals surface area (Å²) >= 11 is 0. The van der Waals surface area contributed by atoms with E-state index in [-0.39, 0.29) is 5.60 Å². The number of aryl methyl sites for hydroxylation is 2. The number of nitrogens with one attached hydrogen (secondary N) is 1. The number of aromatic nitrogens is 2. The highest BCUT2D eigenvalue weighted by Gasteiger charge is 2.37. The largest absolute Gasteiger partial charge is 0.377 e. The molecule has 1 heterocycles. The first-order valence-corrected chi connectivity index (χ1v) is 7.35. The molecule has 0 saturated heterocycles. The second-order valence-electron chi connectivity index (χ2n) is 5.74. The van der Waals surface area contributed by atoms with E-state index in [1.807, 2.05) is 7.11 Å². The monoisotopic (exact) mass is 265 g/mol. The lowest BCUT2D eigenvalue weighted by molar-refractivity contribution is -0.0706. The molecule has 0 amide bonds. The van der Waals surface area contributed by atoms with Crippen LogP contribution in [-0.4, -0.2) is 29.0 Å². The summed E-state index contributed by atoms with van der Waals surface area (Å²) < 4.78 is 7.75. The lowest BCUT2D eigenvalue weighted by atomic mass is 9.79. The van der Waals surface area contributed by atoms with Crippen LogP contribution >= 0.6 is 0 Å². The van der Waals surface area contributed by atoms with Gasteiger partial charge in [0.1, 0.15) is 0 Å². The van der Waals surface area contributed by atoms with Crippen LogP contribution in [0.5, 0.6) is 0 Å². The molecule has 1 atom stereocenters. The van der Waals surface area contributed by atoms with Gasteiger partial charge in [-0.2, -0.15) is 5.10 Å². The summed E-state index contributed by atoms with van der Waals surface area (Å²) in [5.41, 5.74) is 3.84. The summed E-state index contributed by atoms with van der Waals surface area (Å²) in [6.07, 6.45) is 3.64. The third-order valence-electron chi connectivity index (χ3n) is 4.60. The van der Waals surface area contributed by atoms with E-state index < -0.39 is 0 Å². The van der Waals surface area contributed by atoms with E-state index in [2.05, 4.69) is 42.8 Å². The quantitative estimate of drug-likeness (QED) is 0.859. The van der Waals surface area contributed by atoms with E-state index in [0.29, 0.717) is 6.04 Å². The SMILES string of the molecule is CCn1nc(C)c(C(C)NCC2(OC)CCC2)c1C. The molecule has 2 rings (SSSR count).